The SMILES string of the molecule is CCCc1nc2cnc3cccnc3c2n1CCCC(C)S(N)(=O)=O. The maximum Gasteiger partial charge on any atom is 0.211 e. The molecule has 3 aromatic heterocycles. The molecule has 0 aliphatic heterocycles. The van der Waals surface area contributed by atoms with Crippen LogP contribution in [0.25, 0.3) is 22.1 Å². The molecule has 134 valence electrons. The molecule has 3 heterocycles. The van der Waals surface area contributed by atoms with Crippen LogP contribution in [0.15, 0.2) is 24.5 Å². The lowest BCUT2D eigenvalue weighted by Crippen LogP contribution is -2.26. The van der Waals surface area contributed by atoms with Crippen LogP contribution >= 0.6 is 0 Å². The summed E-state index contributed by atoms with van der Waals surface area (Å²) >= 11 is 0. The van der Waals surface area contributed by atoms with Gasteiger partial charge in [0.2, 0.25) is 10.0 Å². The van der Waals surface area contributed by atoms with E-state index in [-0.39, 0.29) is 0 Å². The second-order valence-electron chi connectivity index (χ2n) is 6.33. The van der Waals surface area contributed by atoms with Crippen LogP contribution in [-0.2, 0) is 23.0 Å². The highest BCUT2D eigenvalue weighted by Gasteiger charge is 2.17. The topological polar surface area (TPSA) is 104 Å². The minimum atomic E-state index is -3.49. The molecule has 7 nitrogen and oxygen atoms in total. The lowest BCUT2D eigenvalue weighted by molar-refractivity contribution is 0.554. The zero-order valence-corrected chi connectivity index (χ0v) is 15.3. The van der Waals surface area contributed by atoms with Crippen molar-refractivity contribution in [2.75, 3.05) is 0 Å². The highest BCUT2D eigenvalue weighted by molar-refractivity contribution is 7.89. The number of aromatic nitrogens is 4. The van der Waals surface area contributed by atoms with Gasteiger partial charge in [0, 0.05) is 19.2 Å². The van der Waals surface area contributed by atoms with Gasteiger partial charge in [0.25, 0.3) is 0 Å². The van der Waals surface area contributed by atoms with E-state index in [1.807, 2.05) is 12.1 Å². The predicted octanol–water partition coefficient (Wildman–Crippen LogP) is 2.39. The lowest BCUT2D eigenvalue weighted by atomic mass is 10.2. The summed E-state index contributed by atoms with van der Waals surface area (Å²) in [6.45, 7) is 4.44. The Hall–Kier alpha value is -2.06. The molecule has 0 fully saturated rings. The minimum Gasteiger partial charge on any atom is -0.326 e. The van der Waals surface area contributed by atoms with Crippen LogP contribution in [0.2, 0.25) is 0 Å². The first kappa shape index (κ1) is 17.8. The molecule has 8 heteroatoms. The molecule has 0 radical (unpaired) electrons. The van der Waals surface area contributed by atoms with Crippen molar-refractivity contribution >= 4 is 32.1 Å². The summed E-state index contributed by atoms with van der Waals surface area (Å²) < 4.78 is 25.0. The van der Waals surface area contributed by atoms with Gasteiger partial charge in [-0.2, -0.15) is 0 Å². The largest absolute Gasteiger partial charge is 0.326 e. The standard InChI is InChI=1S/C17H23N5O2S/c1-3-6-15-21-14-11-20-13-8-4-9-19-16(13)17(14)22(15)10-5-7-12(2)25(18,23)24/h4,8-9,11-12H,3,5-7,10H2,1-2H3,(H2,18,23,24). The molecule has 0 saturated heterocycles. The molecule has 0 aliphatic rings. The van der Waals surface area contributed by atoms with Crippen LogP contribution in [0.1, 0.15) is 38.9 Å². The molecule has 2 N–H and O–H groups in total. The van der Waals surface area contributed by atoms with Gasteiger partial charge in [-0.3, -0.25) is 9.97 Å². The molecule has 0 spiro atoms. The molecule has 25 heavy (non-hydrogen) atoms. The summed E-state index contributed by atoms with van der Waals surface area (Å²) in [4.78, 5) is 13.6. The van der Waals surface area contributed by atoms with E-state index in [1.54, 1.807) is 19.3 Å². The van der Waals surface area contributed by atoms with E-state index in [0.717, 1.165) is 40.7 Å². The molecule has 3 rings (SSSR count). The van der Waals surface area contributed by atoms with E-state index in [9.17, 15) is 8.42 Å². The van der Waals surface area contributed by atoms with Crippen molar-refractivity contribution in [2.24, 2.45) is 5.14 Å². The van der Waals surface area contributed by atoms with Crippen molar-refractivity contribution in [2.45, 2.75) is 51.3 Å². The van der Waals surface area contributed by atoms with Crippen molar-refractivity contribution in [1.29, 1.82) is 0 Å². The maximum atomic E-state index is 11.4. The number of nitrogens with zero attached hydrogens (tertiary/aromatic N) is 4. The van der Waals surface area contributed by atoms with Gasteiger partial charge in [0.05, 0.1) is 22.5 Å². The second-order valence-corrected chi connectivity index (χ2v) is 8.32. The molecule has 0 aliphatic carbocycles. The van der Waals surface area contributed by atoms with Gasteiger partial charge in [-0.15, -0.1) is 0 Å². The van der Waals surface area contributed by atoms with Gasteiger partial charge in [-0.1, -0.05) is 6.92 Å². The molecule has 3 aromatic rings. The number of primary sulfonamides is 1. The van der Waals surface area contributed by atoms with Crippen molar-refractivity contribution in [1.82, 2.24) is 19.5 Å². The second kappa shape index (κ2) is 7.05. The van der Waals surface area contributed by atoms with Gasteiger partial charge in [0.15, 0.2) is 0 Å². The van der Waals surface area contributed by atoms with Crippen LogP contribution < -0.4 is 5.14 Å². The van der Waals surface area contributed by atoms with Gasteiger partial charge >= 0.3 is 0 Å². The number of fused-ring (bicyclic) bond motifs is 3. The Labute approximate surface area is 147 Å². The van der Waals surface area contributed by atoms with E-state index in [0.29, 0.717) is 19.4 Å². The number of imidazole rings is 1. The highest BCUT2D eigenvalue weighted by Crippen LogP contribution is 2.24. The molecule has 0 aromatic carbocycles. The highest BCUT2D eigenvalue weighted by atomic mass is 32.2. The van der Waals surface area contributed by atoms with Crippen molar-refractivity contribution < 1.29 is 8.42 Å². The number of rotatable bonds is 7. The number of sulfonamides is 1. The van der Waals surface area contributed by atoms with E-state index >= 15 is 0 Å². The Balaban J connectivity index is 1.99. The Morgan fingerprint density at radius 1 is 1.28 bits per heavy atom. The number of hydrogen-bond donors (Lipinski definition) is 1. The summed E-state index contributed by atoms with van der Waals surface area (Å²) in [5.74, 6) is 0.987. The fourth-order valence-electron chi connectivity index (χ4n) is 3.03. The Morgan fingerprint density at radius 2 is 2.08 bits per heavy atom. The van der Waals surface area contributed by atoms with Crippen molar-refractivity contribution in [3.63, 3.8) is 0 Å². The number of aryl methyl sites for hydroxylation is 2. The van der Waals surface area contributed by atoms with E-state index in [2.05, 4.69) is 21.5 Å². The normalized spacial score (nSPS) is 13.6. The number of hydrogen-bond acceptors (Lipinski definition) is 5. The van der Waals surface area contributed by atoms with Crippen LogP contribution in [0.5, 0.6) is 0 Å². The zero-order chi connectivity index (χ0) is 18.0. The zero-order valence-electron chi connectivity index (χ0n) is 14.5. The summed E-state index contributed by atoms with van der Waals surface area (Å²) in [7, 11) is -3.49. The van der Waals surface area contributed by atoms with E-state index < -0.39 is 15.3 Å². The number of pyridine rings is 2. The summed E-state index contributed by atoms with van der Waals surface area (Å²) in [6.07, 6.45) is 6.59. The fourth-order valence-corrected chi connectivity index (χ4v) is 3.52. The Morgan fingerprint density at radius 3 is 2.80 bits per heavy atom. The predicted molar refractivity (Wildman–Crippen MR) is 98.6 cm³/mol. The van der Waals surface area contributed by atoms with Crippen LogP contribution in [-0.4, -0.2) is 33.2 Å². The summed E-state index contributed by atoms with van der Waals surface area (Å²) in [6, 6.07) is 3.80. The van der Waals surface area contributed by atoms with Gasteiger partial charge in [-0.25, -0.2) is 18.5 Å². The Bertz CT molecular complexity index is 997. The molecule has 0 bridgehead atoms. The monoisotopic (exact) mass is 361 g/mol. The first-order valence-corrected chi connectivity index (χ1v) is 10.1. The molecule has 1 unspecified atom stereocenters. The summed E-state index contributed by atoms with van der Waals surface area (Å²) in [5.41, 5.74) is 3.46. The third kappa shape index (κ3) is 3.64. The van der Waals surface area contributed by atoms with E-state index in [1.165, 1.54) is 0 Å². The molecule has 0 amide bonds. The fraction of sp³-hybridized carbons (Fsp3) is 0.471. The summed E-state index contributed by atoms with van der Waals surface area (Å²) in [5, 5.41) is 4.67. The molecular formula is C17H23N5O2S. The smallest absolute Gasteiger partial charge is 0.211 e. The maximum absolute atomic E-state index is 11.4. The first-order chi connectivity index (χ1) is 11.9. The van der Waals surface area contributed by atoms with Crippen LogP contribution in [0.4, 0.5) is 0 Å². The van der Waals surface area contributed by atoms with Gasteiger partial charge in [-0.05, 0) is 38.3 Å². The molecule has 1 atom stereocenters. The van der Waals surface area contributed by atoms with Gasteiger partial charge < -0.3 is 4.57 Å². The van der Waals surface area contributed by atoms with E-state index in [4.69, 9.17) is 10.1 Å². The third-order valence-corrected chi connectivity index (χ3v) is 5.79. The minimum absolute atomic E-state index is 0.514. The quantitative estimate of drug-likeness (QED) is 0.696. The van der Waals surface area contributed by atoms with Crippen molar-refractivity contribution in [3.05, 3.63) is 30.4 Å². The average molecular weight is 361 g/mol. The molecule has 0 saturated carbocycles. The Kier molecular flexibility index (Phi) is 5.01. The average Bonchev–Trinajstić information content (AvgIpc) is 2.92. The number of nitrogens with two attached hydrogens (primary N) is 1. The lowest BCUT2D eigenvalue weighted by Gasteiger charge is -2.12. The first-order valence-electron chi connectivity index (χ1n) is 8.52. The van der Waals surface area contributed by atoms with Crippen LogP contribution in [0.3, 0.4) is 0 Å². The van der Waals surface area contributed by atoms with Gasteiger partial charge in [0.1, 0.15) is 16.9 Å². The van der Waals surface area contributed by atoms with Crippen molar-refractivity contribution in [3.8, 4) is 0 Å². The van der Waals surface area contributed by atoms with Crippen LogP contribution in [0, 0.1) is 0 Å². The third-order valence-electron chi connectivity index (χ3n) is 4.44. The molecular weight excluding hydrogens is 338 g/mol.